The van der Waals surface area contributed by atoms with E-state index >= 15 is 0 Å². The molecule has 1 aromatic heterocycles. The predicted molar refractivity (Wildman–Crippen MR) is 161 cm³/mol. The Kier molecular flexibility index (Phi) is 5.07. The second-order valence-electron chi connectivity index (χ2n) is 10.3. The van der Waals surface area contributed by atoms with Crippen LogP contribution in [0.1, 0.15) is 27.8 Å². The summed E-state index contributed by atoms with van der Waals surface area (Å²) in [6.07, 6.45) is 1.70. The summed E-state index contributed by atoms with van der Waals surface area (Å²) in [6, 6.07) is 48.2. The number of aromatic nitrogens is 1. The highest BCUT2D eigenvalue weighted by molar-refractivity contribution is 5.94. The van der Waals surface area contributed by atoms with Gasteiger partial charge in [-0.1, -0.05) is 91.0 Å². The Morgan fingerprint density at radius 3 is 1.71 bits per heavy atom. The van der Waals surface area contributed by atoms with Gasteiger partial charge in [-0.25, -0.2) is 0 Å². The number of rotatable bonds is 2. The van der Waals surface area contributed by atoms with Crippen LogP contribution in [-0.2, 0) is 5.41 Å². The van der Waals surface area contributed by atoms with E-state index in [4.69, 9.17) is 4.74 Å². The molecule has 0 N–H and O–H groups in total. The van der Waals surface area contributed by atoms with Crippen LogP contribution in [0.2, 0.25) is 0 Å². The van der Waals surface area contributed by atoms with Crippen LogP contribution in [0.3, 0.4) is 0 Å². The molecule has 0 saturated heterocycles. The van der Waals surface area contributed by atoms with Gasteiger partial charge in [0.2, 0.25) is 0 Å². The molecule has 0 aliphatic carbocycles. The molecule has 2 aliphatic rings. The Bertz CT molecular complexity index is 1930. The van der Waals surface area contributed by atoms with E-state index in [1.165, 1.54) is 11.1 Å². The second kappa shape index (κ2) is 8.94. The fourth-order valence-electron chi connectivity index (χ4n) is 6.61. The van der Waals surface area contributed by atoms with Gasteiger partial charge in [-0.05, 0) is 53.6 Å². The molecule has 0 unspecified atom stereocenters. The maximum absolute atomic E-state index is 9.59. The van der Waals surface area contributed by atoms with Crippen LogP contribution in [0, 0.1) is 11.3 Å². The van der Waals surface area contributed by atoms with E-state index in [0.717, 1.165) is 50.9 Å². The first-order valence-electron chi connectivity index (χ1n) is 13.6. The number of nitriles is 1. The monoisotopic (exact) mass is 525 g/mol. The molecule has 4 heteroatoms. The lowest BCUT2D eigenvalue weighted by Gasteiger charge is -2.48. The number of anilines is 3. The molecule has 8 rings (SSSR count). The van der Waals surface area contributed by atoms with Crippen LogP contribution in [0.4, 0.5) is 17.1 Å². The first-order chi connectivity index (χ1) is 20.3. The van der Waals surface area contributed by atoms with Crippen molar-refractivity contribution in [2.24, 2.45) is 0 Å². The minimum absolute atomic E-state index is 0.580. The number of benzene rings is 5. The first kappa shape index (κ1) is 23.2. The number of para-hydroxylation sites is 5. The van der Waals surface area contributed by atoms with Crippen molar-refractivity contribution in [2.45, 2.75) is 5.41 Å². The lowest BCUT2D eigenvalue weighted by Crippen LogP contribution is -2.39. The maximum Gasteiger partial charge on any atom is 0.132 e. The highest BCUT2D eigenvalue weighted by Crippen LogP contribution is 2.62. The van der Waals surface area contributed by atoms with Crippen molar-refractivity contribution in [1.82, 2.24) is 4.98 Å². The zero-order chi connectivity index (χ0) is 27.4. The Morgan fingerprint density at radius 2 is 1.10 bits per heavy atom. The molecule has 0 amide bonds. The van der Waals surface area contributed by atoms with Crippen LogP contribution >= 0.6 is 0 Å². The molecule has 4 nitrogen and oxygen atoms in total. The van der Waals surface area contributed by atoms with Crippen LogP contribution in [0.15, 0.2) is 140 Å². The van der Waals surface area contributed by atoms with Crippen LogP contribution in [0.25, 0.3) is 11.3 Å². The van der Waals surface area contributed by atoms with E-state index in [1.54, 1.807) is 12.3 Å². The molecule has 0 bridgehead atoms. The van der Waals surface area contributed by atoms with Gasteiger partial charge >= 0.3 is 0 Å². The van der Waals surface area contributed by atoms with Gasteiger partial charge in [0.15, 0.2) is 0 Å². The molecule has 5 aromatic carbocycles. The number of ether oxygens (including phenoxy) is 1. The van der Waals surface area contributed by atoms with Crippen molar-refractivity contribution in [3.63, 3.8) is 0 Å². The Balaban J connectivity index is 1.48. The summed E-state index contributed by atoms with van der Waals surface area (Å²) < 4.78 is 6.50. The smallest absolute Gasteiger partial charge is 0.132 e. The summed E-state index contributed by atoms with van der Waals surface area (Å²) in [5.41, 5.74) is 9.48. The zero-order valence-electron chi connectivity index (χ0n) is 22.0. The molecule has 41 heavy (non-hydrogen) atoms. The summed E-state index contributed by atoms with van der Waals surface area (Å²) >= 11 is 0. The molecule has 192 valence electrons. The molecule has 1 spiro atoms. The molecule has 0 radical (unpaired) electrons. The van der Waals surface area contributed by atoms with Crippen LogP contribution in [0.5, 0.6) is 11.5 Å². The Morgan fingerprint density at radius 1 is 0.585 bits per heavy atom. The molecule has 0 saturated carbocycles. The molecule has 0 atom stereocenters. The summed E-state index contributed by atoms with van der Waals surface area (Å²) in [7, 11) is 0. The van der Waals surface area contributed by atoms with E-state index < -0.39 is 5.41 Å². The summed E-state index contributed by atoms with van der Waals surface area (Å²) in [5, 5.41) is 9.59. The number of fused-ring (bicyclic) bond motifs is 8. The topological polar surface area (TPSA) is 49.2 Å². The summed E-state index contributed by atoms with van der Waals surface area (Å²) in [5.74, 6) is 1.73. The van der Waals surface area contributed by atoms with Crippen LogP contribution < -0.4 is 9.64 Å². The first-order valence-corrected chi connectivity index (χ1v) is 13.6. The fourth-order valence-corrected chi connectivity index (χ4v) is 6.61. The third-order valence-corrected chi connectivity index (χ3v) is 8.21. The molecule has 2 aliphatic heterocycles. The zero-order valence-corrected chi connectivity index (χ0v) is 22.0. The van der Waals surface area contributed by atoms with Gasteiger partial charge in [0.25, 0.3) is 0 Å². The third-order valence-electron chi connectivity index (χ3n) is 8.21. The fraction of sp³-hybridized carbons (Fsp3) is 0.0270. The Labute approximate surface area is 238 Å². The van der Waals surface area contributed by atoms with E-state index in [2.05, 4.69) is 119 Å². The second-order valence-corrected chi connectivity index (χ2v) is 10.3. The van der Waals surface area contributed by atoms with Gasteiger partial charge in [-0.3, -0.25) is 4.98 Å². The highest BCUT2D eigenvalue weighted by atomic mass is 16.5. The van der Waals surface area contributed by atoms with E-state index in [9.17, 15) is 5.26 Å². The van der Waals surface area contributed by atoms with Gasteiger partial charge in [0.1, 0.15) is 11.5 Å². The summed E-state index contributed by atoms with van der Waals surface area (Å²) in [6.45, 7) is 0. The number of nitrogens with zero attached hydrogens (tertiary/aromatic N) is 3. The standard InChI is InChI=1S/C37H23N3O/c38-24-25-21-22-39-31(23-25)26-11-1-6-16-32(26)40-33-17-7-2-12-27(33)37(28-13-3-8-18-34(28)40)29-14-4-9-19-35(29)41-36-20-10-5-15-30(36)37/h1-23H. The van der Waals surface area contributed by atoms with Crippen molar-refractivity contribution >= 4 is 17.1 Å². The third kappa shape index (κ3) is 3.24. The average molecular weight is 526 g/mol. The molecular weight excluding hydrogens is 502 g/mol. The van der Waals surface area contributed by atoms with Gasteiger partial charge in [-0.2, -0.15) is 5.26 Å². The Hall–Kier alpha value is -5.66. The van der Waals surface area contributed by atoms with Gasteiger partial charge in [-0.15, -0.1) is 0 Å². The lowest BCUT2D eigenvalue weighted by atomic mass is 9.61. The van der Waals surface area contributed by atoms with Crippen molar-refractivity contribution in [3.05, 3.63) is 167 Å². The number of pyridine rings is 1. The van der Waals surface area contributed by atoms with Gasteiger partial charge < -0.3 is 9.64 Å². The molecular formula is C37H23N3O. The van der Waals surface area contributed by atoms with Crippen molar-refractivity contribution in [1.29, 1.82) is 5.26 Å². The van der Waals surface area contributed by atoms with Gasteiger partial charge in [0, 0.05) is 22.9 Å². The average Bonchev–Trinajstić information content (AvgIpc) is 3.05. The minimum Gasteiger partial charge on any atom is -0.457 e. The SMILES string of the molecule is N#Cc1ccnc(-c2ccccc2N2c3ccccc3C3(c4ccccc4Oc4ccccc43)c3ccccc32)c1. The van der Waals surface area contributed by atoms with E-state index in [1.807, 2.05) is 24.3 Å². The summed E-state index contributed by atoms with van der Waals surface area (Å²) in [4.78, 5) is 7.01. The largest absolute Gasteiger partial charge is 0.457 e. The quantitative estimate of drug-likeness (QED) is 0.226. The lowest BCUT2D eigenvalue weighted by molar-refractivity contribution is 0.434. The van der Waals surface area contributed by atoms with E-state index in [0.29, 0.717) is 5.56 Å². The number of hydrogen-bond acceptors (Lipinski definition) is 4. The van der Waals surface area contributed by atoms with Crippen molar-refractivity contribution < 1.29 is 4.74 Å². The van der Waals surface area contributed by atoms with Crippen molar-refractivity contribution in [3.8, 4) is 28.8 Å². The normalized spacial score (nSPS) is 13.7. The van der Waals surface area contributed by atoms with Crippen molar-refractivity contribution in [2.75, 3.05) is 4.90 Å². The van der Waals surface area contributed by atoms with Gasteiger partial charge in [0.05, 0.1) is 39.8 Å². The predicted octanol–water partition coefficient (Wildman–Crippen LogP) is 8.89. The molecule has 6 aromatic rings. The number of hydrogen-bond donors (Lipinski definition) is 0. The highest BCUT2D eigenvalue weighted by Gasteiger charge is 2.51. The molecule has 3 heterocycles. The molecule has 0 fully saturated rings. The van der Waals surface area contributed by atoms with E-state index in [-0.39, 0.29) is 0 Å². The minimum atomic E-state index is -0.580. The van der Waals surface area contributed by atoms with Crippen LogP contribution in [-0.4, -0.2) is 4.98 Å². The maximum atomic E-state index is 9.59.